The van der Waals surface area contributed by atoms with Crippen molar-refractivity contribution in [3.63, 3.8) is 0 Å². The number of anilines is 1. The minimum Gasteiger partial charge on any atom is -0.462 e. The first-order valence-corrected chi connectivity index (χ1v) is 7.30. The number of nitrogens with one attached hydrogen (secondary N) is 1. The van der Waals surface area contributed by atoms with Crippen molar-refractivity contribution in [1.29, 1.82) is 0 Å². The van der Waals surface area contributed by atoms with Crippen LogP contribution in [0.4, 0.5) is 10.5 Å². The fraction of sp³-hybridized carbons (Fsp3) is 0.467. The van der Waals surface area contributed by atoms with Crippen LogP contribution in [0, 0.1) is 0 Å². The summed E-state index contributed by atoms with van der Waals surface area (Å²) in [5.41, 5.74) is 6.52. The summed E-state index contributed by atoms with van der Waals surface area (Å²) in [6, 6.07) is 6.77. The van der Waals surface area contributed by atoms with E-state index >= 15 is 0 Å². The number of amides is 2. The highest BCUT2D eigenvalue weighted by Crippen LogP contribution is 2.17. The van der Waals surface area contributed by atoms with Gasteiger partial charge in [-0.05, 0) is 30.7 Å². The molecule has 0 radical (unpaired) electrons. The lowest BCUT2D eigenvalue weighted by Gasteiger charge is -2.28. The van der Waals surface area contributed by atoms with Crippen LogP contribution in [0.25, 0.3) is 0 Å². The van der Waals surface area contributed by atoms with E-state index in [1.165, 1.54) is 0 Å². The minimum absolute atomic E-state index is 0.240. The Morgan fingerprint density at radius 1 is 1.23 bits per heavy atom. The van der Waals surface area contributed by atoms with E-state index < -0.39 is 6.03 Å². The summed E-state index contributed by atoms with van der Waals surface area (Å²) < 4.78 is 10.4. The zero-order chi connectivity index (χ0) is 15.8. The summed E-state index contributed by atoms with van der Waals surface area (Å²) in [7, 11) is 0. The molecule has 120 valence electrons. The average Bonchev–Trinajstić information content (AvgIpc) is 2.55. The molecule has 0 atom stereocenters. The van der Waals surface area contributed by atoms with Crippen LogP contribution in [0.15, 0.2) is 24.3 Å². The lowest BCUT2D eigenvalue weighted by atomic mass is 10.2. The normalized spacial score (nSPS) is 14.5. The smallest absolute Gasteiger partial charge is 0.338 e. The molecule has 1 aromatic rings. The van der Waals surface area contributed by atoms with Crippen molar-refractivity contribution in [3.8, 4) is 0 Å². The van der Waals surface area contributed by atoms with Crippen LogP contribution in [-0.4, -0.2) is 51.5 Å². The van der Waals surface area contributed by atoms with Gasteiger partial charge in [-0.3, -0.25) is 0 Å². The maximum absolute atomic E-state index is 11.9. The Labute approximate surface area is 129 Å². The molecule has 1 aliphatic heterocycles. The van der Waals surface area contributed by atoms with Gasteiger partial charge in [0.1, 0.15) is 0 Å². The highest BCUT2D eigenvalue weighted by Gasteiger charge is 2.12. The van der Waals surface area contributed by atoms with E-state index in [9.17, 15) is 9.59 Å². The molecule has 0 bridgehead atoms. The highest BCUT2D eigenvalue weighted by molar-refractivity contribution is 5.89. The zero-order valence-corrected chi connectivity index (χ0v) is 12.4. The minimum atomic E-state index is -0.579. The topological polar surface area (TPSA) is 93.9 Å². The number of carbonyl (C=O) groups is 2. The first-order valence-electron chi connectivity index (χ1n) is 7.30. The van der Waals surface area contributed by atoms with Crippen molar-refractivity contribution < 1.29 is 19.1 Å². The van der Waals surface area contributed by atoms with Gasteiger partial charge in [-0.2, -0.15) is 0 Å². The van der Waals surface area contributed by atoms with Crippen LogP contribution in [0.2, 0.25) is 0 Å². The number of esters is 1. The summed E-state index contributed by atoms with van der Waals surface area (Å²) in [5, 5.41) is 2.43. The molecule has 7 nitrogen and oxygen atoms in total. The molecule has 1 heterocycles. The molecule has 2 rings (SSSR count). The lowest BCUT2D eigenvalue weighted by molar-refractivity contribution is 0.0501. The number of morpholine rings is 1. The Morgan fingerprint density at radius 3 is 2.55 bits per heavy atom. The molecule has 0 aliphatic carbocycles. The number of hydrogen-bond donors (Lipinski definition) is 2. The zero-order valence-electron chi connectivity index (χ0n) is 12.4. The van der Waals surface area contributed by atoms with E-state index in [1.54, 1.807) is 12.1 Å². The Morgan fingerprint density at radius 2 is 1.91 bits per heavy atom. The van der Waals surface area contributed by atoms with E-state index in [0.29, 0.717) is 18.5 Å². The number of rotatable bonds is 6. The molecule has 2 amide bonds. The van der Waals surface area contributed by atoms with Crippen molar-refractivity contribution in [3.05, 3.63) is 29.8 Å². The van der Waals surface area contributed by atoms with Crippen LogP contribution in [0.5, 0.6) is 0 Å². The molecule has 0 unspecified atom stereocenters. The molecule has 0 spiro atoms. The van der Waals surface area contributed by atoms with Crippen LogP contribution in [0.3, 0.4) is 0 Å². The van der Waals surface area contributed by atoms with Gasteiger partial charge in [-0.1, -0.05) is 0 Å². The van der Waals surface area contributed by atoms with E-state index in [-0.39, 0.29) is 12.6 Å². The molecule has 7 heteroatoms. The van der Waals surface area contributed by atoms with Gasteiger partial charge in [-0.15, -0.1) is 0 Å². The molecular formula is C15H21N3O4. The number of primary amides is 1. The van der Waals surface area contributed by atoms with Crippen molar-refractivity contribution in [2.24, 2.45) is 5.73 Å². The fourth-order valence-corrected chi connectivity index (χ4v) is 2.16. The SMILES string of the molecule is NC(=O)NCCCOC(=O)c1ccc(N2CCOCC2)cc1. The Kier molecular flexibility index (Phi) is 6.02. The first kappa shape index (κ1) is 16.1. The van der Waals surface area contributed by atoms with Gasteiger partial charge in [0.25, 0.3) is 0 Å². The van der Waals surface area contributed by atoms with Gasteiger partial charge in [0, 0.05) is 25.3 Å². The monoisotopic (exact) mass is 307 g/mol. The van der Waals surface area contributed by atoms with Gasteiger partial charge < -0.3 is 25.4 Å². The maximum atomic E-state index is 11.9. The van der Waals surface area contributed by atoms with E-state index in [1.807, 2.05) is 12.1 Å². The molecule has 1 fully saturated rings. The molecule has 1 aromatic carbocycles. The van der Waals surface area contributed by atoms with Gasteiger partial charge in [0.15, 0.2) is 0 Å². The third kappa shape index (κ3) is 4.92. The van der Waals surface area contributed by atoms with E-state index in [2.05, 4.69) is 10.2 Å². The Bertz CT molecular complexity index is 498. The van der Waals surface area contributed by atoms with Gasteiger partial charge >= 0.3 is 12.0 Å². The predicted molar refractivity (Wildman–Crippen MR) is 82.0 cm³/mol. The number of benzene rings is 1. The molecule has 0 saturated carbocycles. The average molecular weight is 307 g/mol. The van der Waals surface area contributed by atoms with Crippen molar-refractivity contribution in [1.82, 2.24) is 5.32 Å². The summed E-state index contributed by atoms with van der Waals surface area (Å²) >= 11 is 0. The largest absolute Gasteiger partial charge is 0.462 e. The number of carbonyl (C=O) groups excluding carboxylic acids is 2. The third-order valence-corrected chi connectivity index (χ3v) is 3.33. The van der Waals surface area contributed by atoms with Crippen LogP contribution in [0.1, 0.15) is 16.8 Å². The molecule has 1 aliphatic rings. The van der Waals surface area contributed by atoms with Crippen LogP contribution in [-0.2, 0) is 9.47 Å². The molecular weight excluding hydrogens is 286 g/mol. The first-order chi connectivity index (χ1) is 10.7. The van der Waals surface area contributed by atoms with Gasteiger partial charge in [-0.25, -0.2) is 9.59 Å². The number of ether oxygens (including phenoxy) is 2. The van der Waals surface area contributed by atoms with Crippen molar-refractivity contribution >= 4 is 17.7 Å². The van der Waals surface area contributed by atoms with E-state index in [0.717, 1.165) is 32.0 Å². The third-order valence-electron chi connectivity index (χ3n) is 3.33. The summed E-state index contributed by atoms with van der Waals surface area (Å²) in [6.07, 6.45) is 0.528. The van der Waals surface area contributed by atoms with Crippen molar-refractivity contribution in [2.75, 3.05) is 44.4 Å². The number of urea groups is 1. The standard InChI is InChI=1S/C15H21N3O4/c16-15(20)17-6-1-9-22-14(19)12-2-4-13(5-3-12)18-7-10-21-11-8-18/h2-5H,1,6-11H2,(H3,16,17,20). The van der Waals surface area contributed by atoms with Crippen LogP contribution >= 0.6 is 0 Å². The Hall–Kier alpha value is -2.28. The number of nitrogens with two attached hydrogens (primary N) is 1. The van der Waals surface area contributed by atoms with E-state index in [4.69, 9.17) is 15.2 Å². The predicted octanol–water partition coefficient (Wildman–Crippen LogP) is 0.738. The molecule has 1 saturated heterocycles. The second-order valence-corrected chi connectivity index (χ2v) is 4.93. The molecule has 3 N–H and O–H groups in total. The van der Waals surface area contributed by atoms with Gasteiger partial charge in [0.2, 0.25) is 0 Å². The Balaban J connectivity index is 1.77. The quantitative estimate of drug-likeness (QED) is 0.597. The fourth-order valence-electron chi connectivity index (χ4n) is 2.16. The molecule has 0 aromatic heterocycles. The number of hydrogen-bond acceptors (Lipinski definition) is 5. The lowest BCUT2D eigenvalue weighted by Crippen LogP contribution is -2.36. The second-order valence-electron chi connectivity index (χ2n) is 4.93. The van der Waals surface area contributed by atoms with Crippen LogP contribution < -0.4 is 16.0 Å². The summed E-state index contributed by atoms with van der Waals surface area (Å²) in [6.45, 7) is 3.79. The summed E-state index contributed by atoms with van der Waals surface area (Å²) in [4.78, 5) is 24.5. The summed E-state index contributed by atoms with van der Waals surface area (Å²) in [5.74, 6) is -0.368. The second kappa shape index (κ2) is 8.23. The van der Waals surface area contributed by atoms with Crippen molar-refractivity contribution in [2.45, 2.75) is 6.42 Å². The maximum Gasteiger partial charge on any atom is 0.338 e. The highest BCUT2D eigenvalue weighted by atomic mass is 16.5. The van der Waals surface area contributed by atoms with Gasteiger partial charge in [0.05, 0.1) is 25.4 Å². The number of nitrogens with zero attached hydrogens (tertiary/aromatic N) is 1. The molecule has 22 heavy (non-hydrogen) atoms.